The topological polar surface area (TPSA) is 30.5 Å². The van der Waals surface area contributed by atoms with Crippen LogP contribution in [0.1, 0.15) is 0 Å². The Morgan fingerprint density at radius 2 is 1.94 bits per heavy atom. The van der Waals surface area contributed by atoms with Crippen molar-refractivity contribution in [2.45, 2.75) is 0 Å². The van der Waals surface area contributed by atoms with Gasteiger partial charge in [-0.15, -0.1) is 0 Å². The normalized spacial score (nSPS) is 10.4. The molecule has 0 amide bonds. The maximum atomic E-state index is 5.88. The summed E-state index contributed by atoms with van der Waals surface area (Å²) in [4.78, 5) is 0. The van der Waals surface area contributed by atoms with E-state index < -0.39 is 0 Å². The van der Waals surface area contributed by atoms with Crippen molar-refractivity contribution in [3.63, 3.8) is 0 Å². The molecule has 0 fully saturated rings. The van der Waals surface area contributed by atoms with Gasteiger partial charge in [-0.25, -0.2) is 0 Å². The van der Waals surface area contributed by atoms with Crippen molar-refractivity contribution in [2.24, 2.45) is 0 Å². The average molecular weight is 264 g/mol. The molecular formula is C11H15Cl2NO2. The Morgan fingerprint density at radius 3 is 2.62 bits per heavy atom. The van der Waals surface area contributed by atoms with Gasteiger partial charge in [0.2, 0.25) is 0 Å². The second kappa shape index (κ2) is 7.74. The highest BCUT2D eigenvalue weighted by Gasteiger charge is 1.98. The molecule has 90 valence electrons. The first-order chi connectivity index (χ1) is 7.74. The third-order valence-corrected chi connectivity index (χ3v) is 2.67. The van der Waals surface area contributed by atoms with Crippen molar-refractivity contribution >= 4 is 28.9 Å². The Hall–Kier alpha value is -0.480. The van der Waals surface area contributed by atoms with E-state index in [-0.39, 0.29) is 0 Å². The molecule has 3 nitrogen and oxygen atoms in total. The van der Waals surface area contributed by atoms with E-state index in [1.807, 2.05) is 6.07 Å². The second-order valence-electron chi connectivity index (χ2n) is 3.16. The molecule has 0 aromatic heterocycles. The van der Waals surface area contributed by atoms with Crippen molar-refractivity contribution in [3.05, 3.63) is 28.2 Å². The number of benzene rings is 1. The fourth-order valence-corrected chi connectivity index (χ4v) is 1.42. The maximum absolute atomic E-state index is 5.88. The molecule has 0 aliphatic rings. The quantitative estimate of drug-likeness (QED) is 0.768. The standard InChI is InChI=1S/C11H15Cl2NO2/c1-15-6-7-16-5-4-14-9-2-3-10(12)11(13)8-9/h2-3,8,14H,4-7H2,1H3. The Bertz CT molecular complexity index is 321. The second-order valence-corrected chi connectivity index (χ2v) is 3.98. The zero-order valence-corrected chi connectivity index (χ0v) is 10.6. The lowest BCUT2D eigenvalue weighted by atomic mass is 10.3. The number of rotatable bonds is 7. The van der Waals surface area contributed by atoms with Crippen LogP contribution in [-0.4, -0.2) is 33.5 Å². The average Bonchev–Trinajstić information content (AvgIpc) is 2.28. The van der Waals surface area contributed by atoms with Crippen molar-refractivity contribution in [2.75, 3.05) is 38.8 Å². The van der Waals surface area contributed by atoms with E-state index in [1.165, 1.54) is 0 Å². The first-order valence-corrected chi connectivity index (χ1v) is 5.75. The number of hydrogen-bond donors (Lipinski definition) is 1. The third kappa shape index (κ3) is 5.03. The van der Waals surface area contributed by atoms with Gasteiger partial charge in [-0.1, -0.05) is 23.2 Å². The molecule has 16 heavy (non-hydrogen) atoms. The summed E-state index contributed by atoms with van der Waals surface area (Å²) in [5, 5.41) is 4.29. The molecular weight excluding hydrogens is 249 g/mol. The summed E-state index contributed by atoms with van der Waals surface area (Å²) in [5.41, 5.74) is 0.935. The van der Waals surface area contributed by atoms with Gasteiger partial charge in [0.25, 0.3) is 0 Å². The molecule has 0 heterocycles. The van der Waals surface area contributed by atoms with E-state index in [2.05, 4.69) is 5.32 Å². The van der Waals surface area contributed by atoms with Crippen LogP contribution in [0, 0.1) is 0 Å². The summed E-state index contributed by atoms with van der Waals surface area (Å²) >= 11 is 11.7. The molecule has 0 unspecified atom stereocenters. The molecule has 1 aromatic rings. The Kier molecular flexibility index (Phi) is 6.57. The lowest BCUT2D eigenvalue weighted by Gasteiger charge is -2.07. The predicted octanol–water partition coefficient (Wildman–Crippen LogP) is 3.07. The molecule has 5 heteroatoms. The van der Waals surface area contributed by atoms with Crippen LogP contribution in [0.4, 0.5) is 5.69 Å². The Morgan fingerprint density at radius 1 is 1.12 bits per heavy atom. The van der Waals surface area contributed by atoms with Crippen LogP contribution in [0.2, 0.25) is 10.0 Å². The summed E-state index contributed by atoms with van der Waals surface area (Å²) < 4.78 is 10.2. The van der Waals surface area contributed by atoms with Crippen LogP contribution < -0.4 is 5.32 Å². The molecule has 0 saturated heterocycles. The molecule has 0 radical (unpaired) electrons. The van der Waals surface area contributed by atoms with E-state index in [0.717, 1.165) is 12.2 Å². The van der Waals surface area contributed by atoms with Gasteiger partial charge >= 0.3 is 0 Å². The van der Waals surface area contributed by atoms with Crippen LogP contribution in [0.15, 0.2) is 18.2 Å². The fourth-order valence-electron chi connectivity index (χ4n) is 1.12. The molecule has 1 rings (SSSR count). The van der Waals surface area contributed by atoms with E-state index in [0.29, 0.717) is 29.9 Å². The summed E-state index contributed by atoms with van der Waals surface area (Å²) in [6.07, 6.45) is 0. The number of hydrogen-bond acceptors (Lipinski definition) is 3. The van der Waals surface area contributed by atoms with Crippen LogP contribution in [0.25, 0.3) is 0 Å². The molecule has 1 aromatic carbocycles. The van der Waals surface area contributed by atoms with Gasteiger partial charge in [-0.2, -0.15) is 0 Å². The molecule has 1 N–H and O–H groups in total. The largest absolute Gasteiger partial charge is 0.383 e. The Balaban J connectivity index is 2.19. The monoisotopic (exact) mass is 263 g/mol. The van der Waals surface area contributed by atoms with Gasteiger partial charge in [0.15, 0.2) is 0 Å². The minimum absolute atomic E-state index is 0.548. The van der Waals surface area contributed by atoms with Gasteiger partial charge in [0, 0.05) is 19.3 Å². The minimum atomic E-state index is 0.548. The highest BCUT2D eigenvalue weighted by Crippen LogP contribution is 2.24. The van der Waals surface area contributed by atoms with Gasteiger partial charge in [0.05, 0.1) is 29.9 Å². The first kappa shape index (κ1) is 13.6. The molecule has 0 saturated carbocycles. The van der Waals surface area contributed by atoms with Gasteiger partial charge in [0.1, 0.15) is 0 Å². The molecule has 0 aliphatic heterocycles. The SMILES string of the molecule is COCCOCCNc1ccc(Cl)c(Cl)c1. The number of anilines is 1. The number of methoxy groups -OCH3 is 1. The van der Waals surface area contributed by atoms with E-state index in [1.54, 1.807) is 19.2 Å². The van der Waals surface area contributed by atoms with Crippen LogP contribution in [-0.2, 0) is 9.47 Å². The molecule has 0 atom stereocenters. The van der Waals surface area contributed by atoms with E-state index >= 15 is 0 Å². The number of nitrogens with one attached hydrogen (secondary N) is 1. The summed E-state index contributed by atoms with van der Waals surface area (Å²) in [6, 6.07) is 5.43. The van der Waals surface area contributed by atoms with E-state index in [9.17, 15) is 0 Å². The van der Waals surface area contributed by atoms with Crippen molar-refractivity contribution < 1.29 is 9.47 Å². The van der Waals surface area contributed by atoms with E-state index in [4.69, 9.17) is 32.7 Å². The zero-order valence-electron chi connectivity index (χ0n) is 9.13. The maximum Gasteiger partial charge on any atom is 0.0701 e. The van der Waals surface area contributed by atoms with Gasteiger partial charge in [-0.05, 0) is 18.2 Å². The molecule has 0 spiro atoms. The fraction of sp³-hybridized carbons (Fsp3) is 0.455. The summed E-state index contributed by atoms with van der Waals surface area (Å²) in [5.74, 6) is 0. The molecule has 0 aliphatic carbocycles. The van der Waals surface area contributed by atoms with Crippen molar-refractivity contribution in [3.8, 4) is 0 Å². The van der Waals surface area contributed by atoms with Crippen molar-refractivity contribution in [1.82, 2.24) is 0 Å². The van der Waals surface area contributed by atoms with Gasteiger partial charge in [-0.3, -0.25) is 0 Å². The lowest BCUT2D eigenvalue weighted by Crippen LogP contribution is -2.11. The first-order valence-electron chi connectivity index (χ1n) is 4.99. The zero-order chi connectivity index (χ0) is 11.8. The van der Waals surface area contributed by atoms with Gasteiger partial charge < -0.3 is 14.8 Å². The highest BCUT2D eigenvalue weighted by molar-refractivity contribution is 6.42. The Labute approximate surface area is 106 Å². The minimum Gasteiger partial charge on any atom is -0.383 e. The van der Waals surface area contributed by atoms with Crippen LogP contribution >= 0.6 is 23.2 Å². The van der Waals surface area contributed by atoms with Crippen LogP contribution in [0.3, 0.4) is 0 Å². The third-order valence-electron chi connectivity index (χ3n) is 1.93. The van der Waals surface area contributed by atoms with Crippen LogP contribution in [0.5, 0.6) is 0 Å². The number of ether oxygens (including phenoxy) is 2. The number of halogens is 2. The lowest BCUT2D eigenvalue weighted by molar-refractivity contribution is 0.0759. The van der Waals surface area contributed by atoms with Crippen molar-refractivity contribution in [1.29, 1.82) is 0 Å². The summed E-state index contributed by atoms with van der Waals surface area (Å²) in [6.45, 7) is 2.58. The predicted molar refractivity (Wildman–Crippen MR) is 67.6 cm³/mol. The smallest absolute Gasteiger partial charge is 0.0701 e. The molecule has 0 bridgehead atoms. The summed E-state index contributed by atoms with van der Waals surface area (Å²) in [7, 11) is 1.65. The highest BCUT2D eigenvalue weighted by atomic mass is 35.5.